The van der Waals surface area contributed by atoms with E-state index in [1.54, 1.807) is 0 Å². The molecule has 2 fully saturated rings. The van der Waals surface area contributed by atoms with Crippen molar-refractivity contribution in [2.24, 2.45) is 17.1 Å². The number of nitrogens with one attached hydrogen (secondary N) is 1. The standard InChI is InChI=1S/C16H30N2O.ClH/c1-13(2)11-15(7-6-8-15)12-18-14(19)16(17)9-4-3-5-10-16;/h13H,3-12,17H2,1-2H3,(H,18,19);1H. The van der Waals surface area contributed by atoms with Gasteiger partial charge in [0.1, 0.15) is 0 Å². The lowest BCUT2D eigenvalue weighted by Gasteiger charge is -2.44. The maximum absolute atomic E-state index is 12.4. The van der Waals surface area contributed by atoms with Crippen LogP contribution in [0.2, 0.25) is 0 Å². The summed E-state index contributed by atoms with van der Waals surface area (Å²) in [7, 11) is 0. The quantitative estimate of drug-likeness (QED) is 0.818. The average Bonchev–Trinajstić information content (AvgIpc) is 2.32. The molecule has 118 valence electrons. The van der Waals surface area contributed by atoms with E-state index in [0.717, 1.165) is 32.2 Å². The maximum atomic E-state index is 12.4. The molecule has 20 heavy (non-hydrogen) atoms. The molecule has 0 spiro atoms. The van der Waals surface area contributed by atoms with Crippen molar-refractivity contribution in [1.29, 1.82) is 0 Å². The summed E-state index contributed by atoms with van der Waals surface area (Å²) in [5.41, 5.74) is 6.07. The zero-order chi connectivity index (χ0) is 13.9. The van der Waals surface area contributed by atoms with Gasteiger partial charge in [-0.15, -0.1) is 12.4 Å². The molecule has 2 aliphatic rings. The van der Waals surface area contributed by atoms with Gasteiger partial charge in [-0.3, -0.25) is 4.79 Å². The normalized spacial score (nSPS) is 23.6. The molecule has 4 heteroatoms. The van der Waals surface area contributed by atoms with Crippen LogP contribution in [0.15, 0.2) is 0 Å². The highest BCUT2D eigenvalue weighted by Crippen LogP contribution is 2.45. The second kappa shape index (κ2) is 7.13. The summed E-state index contributed by atoms with van der Waals surface area (Å²) < 4.78 is 0. The first-order chi connectivity index (χ1) is 8.96. The molecule has 0 aromatic rings. The van der Waals surface area contributed by atoms with Gasteiger partial charge in [-0.05, 0) is 43.4 Å². The highest BCUT2D eigenvalue weighted by Gasteiger charge is 2.40. The van der Waals surface area contributed by atoms with Gasteiger partial charge in [-0.2, -0.15) is 0 Å². The predicted octanol–water partition coefficient (Wildman–Crippen LogP) is 3.40. The number of nitrogens with two attached hydrogens (primary N) is 1. The second-order valence-corrected chi connectivity index (χ2v) is 7.35. The van der Waals surface area contributed by atoms with Crippen LogP contribution >= 0.6 is 12.4 Å². The highest BCUT2D eigenvalue weighted by atomic mass is 35.5. The van der Waals surface area contributed by atoms with E-state index in [2.05, 4.69) is 19.2 Å². The minimum atomic E-state index is -0.582. The molecular weight excluding hydrogens is 272 g/mol. The zero-order valence-electron chi connectivity index (χ0n) is 13.0. The number of halogens is 1. The molecule has 2 saturated carbocycles. The van der Waals surface area contributed by atoms with Crippen LogP contribution in [0.1, 0.15) is 71.6 Å². The van der Waals surface area contributed by atoms with Crippen molar-refractivity contribution in [2.45, 2.75) is 77.2 Å². The van der Waals surface area contributed by atoms with Gasteiger partial charge in [0.05, 0.1) is 5.54 Å². The summed E-state index contributed by atoms with van der Waals surface area (Å²) in [6.45, 7) is 5.38. The van der Waals surface area contributed by atoms with Crippen molar-refractivity contribution in [1.82, 2.24) is 5.32 Å². The lowest BCUT2D eigenvalue weighted by molar-refractivity contribution is -0.128. The molecular formula is C16H31ClN2O. The summed E-state index contributed by atoms with van der Waals surface area (Å²) in [6, 6.07) is 0. The zero-order valence-corrected chi connectivity index (χ0v) is 13.9. The monoisotopic (exact) mass is 302 g/mol. The fraction of sp³-hybridized carbons (Fsp3) is 0.938. The molecule has 0 aliphatic heterocycles. The SMILES string of the molecule is CC(C)CC1(CNC(=O)C2(N)CCCCC2)CCC1.Cl. The van der Waals surface area contributed by atoms with Crippen molar-refractivity contribution < 1.29 is 4.79 Å². The van der Waals surface area contributed by atoms with Crippen LogP contribution in [0.3, 0.4) is 0 Å². The van der Waals surface area contributed by atoms with Gasteiger partial charge >= 0.3 is 0 Å². The van der Waals surface area contributed by atoms with Gasteiger partial charge in [0.2, 0.25) is 5.91 Å². The van der Waals surface area contributed by atoms with Gasteiger partial charge < -0.3 is 11.1 Å². The molecule has 2 rings (SSSR count). The number of amides is 1. The van der Waals surface area contributed by atoms with Crippen LogP contribution in [-0.2, 0) is 4.79 Å². The molecule has 0 aromatic heterocycles. The van der Waals surface area contributed by atoms with Crippen LogP contribution in [0.5, 0.6) is 0 Å². The number of rotatable bonds is 5. The molecule has 0 unspecified atom stereocenters. The third-order valence-electron chi connectivity index (χ3n) is 5.08. The molecule has 1 amide bonds. The van der Waals surface area contributed by atoms with Gasteiger partial charge in [0.25, 0.3) is 0 Å². The number of hydrogen-bond donors (Lipinski definition) is 2. The average molecular weight is 303 g/mol. The van der Waals surface area contributed by atoms with E-state index in [9.17, 15) is 4.79 Å². The molecule has 3 N–H and O–H groups in total. The molecule has 2 aliphatic carbocycles. The van der Waals surface area contributed by atoms with E-state index in [0.29, 0.717) is 11.3 Å². The Balaban J connectivity index is 0.00000200. The lowest BCUT2D eigenvalue weighted by atomic mass is 9.64. The Morgan fingerprint density at radius 2 is 1.70 bits per heavy atom. The van der Waals surface area contributed by atoms with E-state index in [4.69, 9.17) is 5.73 Å². The predicted molar refractivity (Wildman–Crippen MR) is 86.0 cm³/mol. The summed E-state index contributed by atoms with van der Waals surface area (Å²) in [6.07, 6.45) is 10.2. The fourth-order valence-electron chi connectivity index (χ4n) is 3.85. The first kappa shape index (κ1) is 17.8. The van der Waals surface area contributed by atoms with Crippen LogP contribution in [-0.4, -0.2) is 18.0 Å². The van der Waals surface area contributed by atoms with Gasteiger partial charge in [-0.25, -0.2) is 0 Å². The summed E-state index contributed by atoms with van der Waals surface area (Å²) in [5.74, 6) is 0.806. The molecule has 0 atom stereocenters. The first-order valence-electron chi connectivity index (χ1n) is 8.03. The van der Waals surface area contributed by atoms with Crippen molar-refractivity contribution in [3.8, 4) is 0 Å². The molecule has 0 aromatic carbocycles. The summed E-state index contributed by atoms with van der Waals surface area (Å²) in [5, 5.41) is 3.18. The highest BCUT2D eigenvalue weighted by molar-refractivity contribution is 5.86. The van der Waals surface area contributed by atoms with Crippen molar-refractivity contribution >= 4 is 18.3 Å². The van der Waals surface area contributed by atoms with E-state index in [-0.39, 0.29) is 18.3 Å². The Bertz CT molecular complexity index is 320. The maximum Gasteiger partial charge on any atom is 0.240 e. The third kappa shape index (κ3) is 4.11. The van der Waals surface area contributed by atoms with Gasteiger partial charge in [-0.1, -0.05) is 39.5 Å². The Labute approximate surface area is 129 Å². The van der Waals surface area contributed by atoms with E-state index in [1.807, 2.05) is 0 Å². The number of carbonyl (C=O) groups excluding carboxylic acids is 1. The molecule has 0 heterocycles. The number of carbonyl (C=O) groups is 1. The van der Waals surface area contributed by atoms with Crippen molar-refractivity contribution in [2.75, 3.05) is 6.54 Å². The molecule has 0 bridgehead atoms. The smallest absolute Gasteiger partial charge is 0.240 e. The number of hydrogen-bond acceptors (Lipinski definition) is 2. The minimum Gasteiger partial charge on any atom is -0.354 e. The molecule has 0 radical (unpaired) electrons. The van der Waals surface area contributed by atoms with Crippen LogP contribution < -0.4 is 11.1 Å². The Morgan fingerprint density at radius 1 is 1.10 bits per heavy atom. The first-order valence-corrected chi connectivity index (χ1v) is 8.03. The van der Waals surface area contributed by atoms with Crippen LogP contribution in [0.4, 0.5) is 0 Å². The largest absolute Gasteiger partial charge is 0.354 e. The Hall–Kier alpha value is -0.280. The van der Waals surface area contributed by atoms with E-state index in [1.165, 1.54) is 32.1 Å². The third-order valence-corrected chi connectivity index (χ3v) is 5.08. The topological polar surface area (TPSA) is 55.1 Å². The van der Waals surface area contributed by atoms with Crippen LogP contribution in [0, 0.1) is 11.3 Å². The van der Waals surface area contributed by atoms with Crippen molar-refractivity contribution in [3.63, 3.8) is 0 Å². The molecule has 0 saturated heterocycles. The van der Waals surface area contributed by atoms with E-state index < -0.39 is 5.54 Å². The van der Waals surface area contributed by atoms with Crippen molar-refractivity contribution in [3.05, 3.63) is 0 Å². The van der Waals surface area contributed by atoms with Gasteiger partial charge in [0, 0.05) is 6.54 Å². The summed E-state index contributed by atoms with van der Waals surface area (Å²) >= 11 is 0. The molecule has 3 nitrogen and oxygen atoms in total. The Kier molecular flexibility index (Phi) is 6.33. The lowest BCUT2D eigenvalue weighted by Crippen LogP contribution is -2.57. The van der Waals surface area contributed by atoms with Crippen LogP contribution in [0.25, 0.3) is 0 Å². The minimum absolute atomic E-state index is 0. The summed E-state index contributed by atoms with van der Waals surface area (Å²) in [4.78, 5) is 12.4. The Morgan fingerprint density at radius 3 is 2.15 bits per heavy atom. The fourth-order valence-corrected chi connectivity index (χ4v) is 3.85. The second-order valence-electron chi connectivity index (χ2n) is 7.35. The van der Waals surface area contributed by atoms with E-state index >= 15 is 0 Å². The van der Waals surface area contributed by atoms with Gasteiger partial charge in [0.15, 0.2) is 0 Å².